The summed E-state index contributed by atoms with van der Waals surface area (Å²) in [5.74, 6) is -0.913. The molecule has 0 aromatic rings. The molecule has 5 aliphatic carbocycles. The minimum Gasteiger partial charge on any atom is -0.392 e. The maximum absolute atomic E-state index is 15.0. The first-order chi connectivity index (χ1) is 23.4. The number of aliphatic hydroxyl groups excluding tert-OH is 4. The second-order valence-electron chi connectivity index (χ2n) is 18.0. The third-order valence-electron chi connectivity index (χ3n) is 15.5. The van der Waals surface area contributed by atoms with Gasteiger partial charge in [-0.3, -0.25) is 4.79 Å². The van der Waals surface area contributed by atoms with E-state index < -0.39 is 69.8 Å². The quantitative estimate of drug-likeness (QED) is 0.188. The number of ether oxygens (including phenoxy) is 1. The number of aliphatic hydroxyl groups is 6. The molecule has 16 atom stereocenters. The molecule has 0 amide bonds. The van der Waals surface area contributed by atoms with E-state index in [-0.39, 0.29) is 49.1 Å². The first kappa shape index (κ1) is 36.5. The number of dihydropyridines is 1. The normalized spacial score (nSPS) is 49.5. The molecule has 5 fully saturated rings. The monoisotopic (exact) mass is 699 g/mol. The molecule has 0 radical (unpaired) electrons. The van der Waals surface area contributed by atoms with Gasteiger partial charge in [0, 0.05) is 36.1 Å². The zero-order valence-corrected chi connectivity index (χ0v) is 30.4. The fraction of sp³-hybridized carbons (Fsp3) is 0.821. The SMILES string of the molecule is C[C@@H]1[C@H]([C@@H](O)[C@](C)(O)[C@H]2CC[C@@]3(O)C4=C(NC[C@H](C)O)C(=O)[C@@H]5C[C@@H](O)[C@@H](O)C[C@@]56C[C@H](C5=CNC(N)C=C5)CC[C@]46CC[C@]23C)OC[C@H]1C. The van der Waals surface area contributed by atoms with E-state index in [0.29, 0.717) is 56.4 Å². The molecule has 7 aliphatic rings. The second-order valence-corrected chi connectivity index (χ2v) is 18.0. The topological polar surface area (TPSA) is 198 Å². The molecule has 1 saturated heterocycles. The van der Waals surface area contributed by atoms with Crippen molar-refractivity contribution in [2.45, 2.75) is 140 Å². The van der Waals surface area contributed by atoms with Crippen molar-refractivity contribution in [2.75, 3.05) is 13.2 Å². The van der Waals surface area contributed by atoms with Gasteiger partial charge in [0.05, 0.1) is 47.5 Å². The average molecular weight is 700 g/mol. The molecule has 10 N–H and O–H groups in total. The highest BCUT2D eigenvalue weighted by atomic mass is 16.5. The number of hydrogen-bond donors (Lipinski definition) is 9. The van der Waals surface area contributed by atoms with Gasteiger partial charge in [-0.25, -0.2) is 0 Å². The molecular formula is C39H61N3O8. The van der Waals surface area contributed by atoms with Crippen molar-refractivity contribution in [3.63, 3.8) is 0 Å². The number of hydrogen-bond acceptors (Lipinski definition) is 11. The van der Waals surface area contributed by atoms with Crippen LogP contribution in [-0.2, 0) is 9.53 Å². The summed E-state index contributed by atoms with van der Waals surface area (Å²) in [5.41, 5.74) is 2.72. The van der Waals surface area contributed by atoms with Crippen LogP contribution in [0.15, 0.2) is 35.2 Å². The Labute approximate surface area is 296 Å². The van der Waals surface area contributed by atoms with Crippen molar-refractivity contribution in [3.8, 4) is 0 Å². The molecular weight excluding hydrogens is 638 g/mol. The number of Topliss-reactive ketones (excluding diaryl/α,β-unsaturated/α-hetero) is 1. The van der Waals surface area contributed by atoms with Gasteiger partial charge in [-0.05, 0) is 118 Å². The third-order valence-corrected chi connectivity index (χ3v) is 15.5. The van der Waals surface area contributed by atoms with E-state index in [2.05, 4.69) is 23.6 Å². The van der Waals surface area contributed by atoms with Crippen molar-refractivity contribution < 1.29 is 40.2 Å². The van der Waals surface area contributed by atoms with Crippen LogP contribution in [0, 0.1) is 45.8 Å². The van der Waals surface area contributed by atoms with Crippen LogP contribution in [0.5, 0.6) is 0 Å². The van der Waals surface area contributed by atoms with Gasteiger partial charge in [-0.1, -0.05) is 26.8 Å². The van der Waals surface area contributed by atoms with Crippen LogP contribution in [-0.4, -0.2) is 97.5 Å². The molecule has 4 saturated carbocycles. The summed E-state index contributed by atoms with van der Waals surface area (Å²) in [6.07, 6.45) is 5.46. The molecule has 2 heterocycles. The van der Waals surface area contributed by atoms with Gasteiger partial charge in [0.1, 0.15) is 6.10 Å². The lowest BCUT2D eigenvalue weighted by Gasteiger charge is -2.70. The largest absolute Gasteiger partial charge is 0.392 e. The van der Waals surface area contributed by atoms with E-state index in [1.165, 1.54) is 0 Å². The molecule has 11 nitrogen and oxygen atoms in total. The standard InChI is InChI=1S/C39H61N3O8/c1-20-19-50-32(22(20)3)34(47)36(5,48)28-9-11-39(49)33-30(42-17-21(2)43)31(46)25-14-26(44)27(45)16-38(25)15-23(24-6-7-29(40)41-18-24)8-10-37(33,38)13-12-35(28,39)4/h6-7,18,20-23,25-29,32,34,41-45,47-49H,8-17,19,40H2,1-5H3/t20-,21+,22+,23-,25+,26-,27+,28+,29?,32-,34-,35-,36-,37+,38+,39-/m1/s1. The number of nitrogens with one attached hydrogen (secondary N) is 2. The predicted molar refractivity (Wildman–Crippen MR) is 187 cm³/mol. The van der Waals surface area contributed by atoms with Crippen LogP contribution in [0.2, 0.25) is 0 Å². The Balaban J connectivity index is 1.36. The first-order valence-electron chi connectivity index (χ1n) is 19.2. The van der Waals surface area contributed by atoms with E-state index in [1.54, 1.807) is 13.8 Å². The van der Waals surface area contributed by atoms with Gasteiger partial charge in [0.2, 0.25) is 0 Å². The Bertz CT molecular complexity index is 1460. The summed E-state index contributed by atoms with van der Waals surface area (Å²) in [6, 6.07) is 0. The maximum atomic E-state index is 15.0. The molecule has 0 aromatic heterocycles. The molecule has 0 bridgehead atoms. The summed E-state index contributed by atoms with van der Waals surface area (Å²) in [6.45, 7) is 10.1. The fourth-order valence-corrected chi connectivity index (χ4v) is 12.5. The maximum Gasteiger partial charge on any atom is 0.182 e. The van der Waals surface area contributed by atoms with Gasteiger partial charge in [-0.2, -0.15) is 0 Å². The minimum absolute atomic E-state index is 0.0502. The minimum atomic E-state index is -1.59. The molecule has 11 heteroatoms. The number of carbonyl (C=O) groups is 1. The van der Waals surface area contributed by atoms with E-state index in [1.807, 2.05) is 26.1 Å². The lowest BCUT2D eigenvalue weighted by atomic mass is 9.34. The molecule has 2 aliphatic heterocycles. The van der Waals surface area contributed by atoms with Crippen LogP contribution in [0.4, 0.5) is 0 Å². The summed E-state index contributed by atoms with van der Waals surface area (Å²) >= 11 is 0. The Morgan fingerprint density at radius 2 is 1.86 bits per heavy atom. The second kappa shape index (κ2) is 12.4. The molecule has 50 heavy (non-hydrogen) atoms. The third kappa shape index (κ3) is 5.01. The average Bonchev–Trinajstić information content (AvgIpc) is 3.55. The summed E-state index contributed by atoms with van der Waals surface area (Å²) in [7, 11) is 0. The van der Waals surface area contributed by atoms with Crippen LogP contribution in [0.3, 0.4) is 0 Å². The Morgan fingerprint density at radius 1 is 1.12 bits per heavy atom. The summed E-state index contributed by atoms with van der Waals surface area (Å²) in [4.78, 5) is 15.0. The Morgan fingerprint density at radius 3 is 2.50 bits per heavy atom. The summed E-state index contributed by atoms with van der Waals surface area (Å²) < 4.78 is 6.04. The van der Waals surface area contributed by atoms with Gasteiger partial charge < -0.3 is 51.7 Å². The van der Waals surface area contributed by atoms with Gasteiger partial charge in [-0.15, -0.1) is 0 Å². The van der Waals surface area contributed by atoms with Crippen LogP contribution in [0.1, 0.15) is 92.4 Å². The van der Waals surface area contributed by atoms with Crippen molar-refractivity contribution >= 4 is 5.78 Å². The predicted octanol–water partition coefficient (Wildman–Crippen LogP) is 1.75. The Hall–Kier alpha value is -1.83. The van der Waals surface area contributed by atoms with Crippen molar-refractivity contribution in [3.05, 3.63) is 35.2 Å². The number of carbonyl (C=O) groups excluding carboxylic acids is 1. The van der Waals surface area contributed by atoms with Gasteiger partial charge in [0.25, 0.3) is 0 Å². The van der Waals surface area contributed by atoms with Crippen LogP contribution >= 0.6 is 0 Å². The number of rotatable bonds is 7. The van der Waals surface area contributed by atoms with E-state index >= 15 is 4.79 Å². The summed E-state index contributed by atoms with van der Waals surface area (Å²) in [5, 5.41) is 77.1. The van der Waals surface area contributed by atoms with Gasteiger partial charge in [0.15, 0.2) is 5.78 Å². The smallest absolute Gasteiger partial charge is 0.182 e. The Kier molecular flexibility index (Phi) is 9.03. The number of ketones is 1. The van der Waals surface area contributed by atoms with E-state index in [9.17, 15) is 30.6 Å². The molecule has 1 unspecified atom stereocenters. The molecule has 7 rings (SSSR count). The molecule has 2 spiro atoms. The number of allylic oxidation sites excluding steroid dienone is 3. The van der Waals surface area contributed by atoms with E-state index in [0.717, 1.165) is 12.0 Å². The molecule has 280 valence electrons. The van der Waals surface area contributed by atoms with Crippen molar-refractivity contribution in [1.82, 2.24) is 10.6 Å². The number of nitrogens with two attached hydrogens (primary N) is 1. The lowest BCUT2D eigenvalue weighted by molar-refractivity contribution is -0.218. The van der Waals surface area contributed by atoms with E-state index in [4.69, 9.17) is 10.5 Å². The highest BCUT2D eigenvalue weighted by molar-refractivity contribution is 6.00. The molecule has 0 aromatic carbocycles. The lowest BCUT2D eigenvalue weighted by Crippen LogP contribution is -2.70. The van der Waals surface area contributed by atoms with Gasteiger partial charge >= 0.3 is 0 Å². The van der Waals surface area contributed by atoms with Crippen LogP contribution < -0.4 is 16.4 Å². The first-order valence-corrected chi connectivity index (χ1v) is 19.2. The zero-order valence-electron chi connectivity index (χ0n) is 30.4. The van der Waals surface area contributed by atoms with Crippen molar-refractivity contribution in [2.24, 2.45) is 51.6 Å². The highest BCUT2D eigenvalue weighted by Crippen LogP contribution is 2.77. The fourth-order valence-electron chi connectivity index (χ4n) is 12.5. The highest BCUT2D eigenvalue weighted by Gasteiger charge is 2.76. The number of fused-ring (bicyclic) bond motifs is 2. The van der Waals surface area contributed by atoms with Crippen molar-refractivity contribution in [1.29, 1.82) is 0 Å². The zero-order chi connectivity index (χ0) is 36.2. The van der Waals surface area contributed by atoms with Crippen LogP contribution in [0.25, 0.3) is 0 Å².